The van der Waals surface area contributed by atoms with Crippen molar-refractivity contribution in [1.82, 2.24) is 15.3 Å². The van der Waals surface area contributed by atoms with Gasteiger partial charge < -0.3 is 10.1 Å². The zero-order valence-electron chi connectivity index (χ0n) is 10.1. The van der Waals surface area contributed by atoms with Crippen molar-refractivity contribution in [2.24, 2.45) is 0 Å². The molecule has 0 aromatic carbocycles. The summed E-state index contributed by atoms with van der Waals surface area (Å²) in [6, 6.07) is 1.85. The first kappa shape index (κ1) is 11.9. The highest BCUT2D eigenvalue weighted by molar-refractivity contribution is 5.19. The van der Waals surface area contributed by atoms with E-state index in [9.17, 15) is 0 Å². The van der Waals surface area contributed by atoms with E-state index in [4.69, 9.17) is 4.74 Å². The van der Waals surface area contributed by atoms with Gasteiger partial charge in [0.1, 0.15) is 5.82 Å². The lowest BCUT2D eigenvalue weighted by molar-refractivity contribution is 0.387. The Morgan fingerprint density at radius 1 is 1.33 bits per heavy atom. The SMILES string of the molecule is CNCc1cc(OC)nc(C(C)(C)C)n1. The van der Waals surface area contributed by atoms with Crippen LogP contribution in [0.3, 0.4) is 0 Å². The number of ether oxygens (including phenoxy) is 1. The minimum Gasteiger partial charge on any atom is -0.481 e. The molecule has 1 heterocycles. The lowest BCUT2D eigenvalue weighted by Crippen LogP contribution is -2.19. The van der Waals surface area contributed by atoms with Gasteiger partial charge >= 0.3 is 0 Å². The van der Waals surface area contributed by atoms with Gasteiger partial charge in [0.2, 0.25) is 5.88 Å². The van der Waals surface area contributed by atoms with Crippen LogP contribution < -0.4 is 10.1 Å². The molecule has 1 aromatic rings. The molecule has 4 nitrogen and oxygen atoms in total. The maximum absolute atomic E-state index is 5.16. The lowest BCUT2D eigenvalue weighted by atomic mass is 9.95. The maximum Gasteiger partial charge on any atom is 0.216 e. The van der Waals surface area contributed by atoms with E-state index in [-0.39, 0.29) is 5.41 Å². The van der Waals surface area contributed by atoms with Crippen molar-refractivity contribution in [3.63, 3.8) is 0 Å². The van der Waals surface area contributed by atoms with Gasteiger partial charge in [-0.2, -0.15) is 4.98 Å². The molecule has 0 aliphatic heterocycles. The van der Waals surface area contributed by atoms with Crippen LogP contribution >= 0.6 is 0 Å². The van der Waals surface area contributed by atoms with Crippen LogP contribution in [0.25, 0.3) is 0 Å². The van der Waals surface area contributed by atoms with Gasteiger partial charge in [0.05, 0.1) is 12.8 Å². The Morgan fingerprint density at radius 2 is 2.00 bits per heavy atom. The number of hydrogen-bond donors (Lipinski definition) is 1. The third-order valence-corrected chi connectivity index (χ3v) is 1.99. The Bertz CT molecular complexity index is 331. The molecule has 0 aliphatic carbocycles. The van der Waals surface area contributed by atoms with Crippen molar-refractivity contribution in [3.8, 4) is 5.88 Å². The van der Waals surface area contributed by atoms with Crippen molar-refractivity contribution in [2.45, 2.75) is 32.7 Å². The summed E-state index contributed by atoms with van der Waals surface area (Å²) in [5.74, 6) is 1.44. The summed E-state index contributed by atoms with van der Waals surface area (Å²) in [6.07, 6.45) is 0. The molecule has 0 atom stereocenters. The van der Waals surface area contributed by atoms with Crippen molar-refractivity contribution < 1.29 is 4.74 Å². The van der Waals surface area contributed by atoms with Gasteiger partial charge in [0.25, 0.3) is 0 Å². The van der Waals surface area contributed by atoms with Crippen LogP contribution in [0.5, 0.6) is 5.88 Å². The molecule has 0 saturated heterocycles. The first-order chi connectivity index (χ1) is 6.97. The molecule has 0 saturated carbocycles. The Morgan fingerprint density at radius 3 is 2.47 bits per heavy atom. The van der Waals surface area contributed by atoms with Crippen LogP contribution in [-0.4, -0.2) is 24.1 Å². The molecule has 0 spiro atoms. The first-order valence-electron chi connectivity index (χ1n) is 5.04. The molecule has 4 heteroatoms. The largest absolute Gasteiger partial charge is 0.481 e. The number of hydrogen-bond acceptors (Lipinski definition) is 4. The summed E-state index contributed by atoms with van der Waals surface area (Å²) in [5.41, 5.74) is 0.895. The van der Waals surface area contributed by atoms with E-state index in [0.29, 0.717) is 5.88 Å². The molecule has 0 unspecified atom stereocenters. The summed E-state index contributed by atoms with van der Waals surface area (Å²) >= 11 is 0. The molecule has 0 fully saturated rings. The van der Waals surface area contributed by atoms with Gasteiger partial charge in [0, 0.05) is 18.0 Å². The second kappa shape index (κ2) is 4.57. The molecule has 0 radical (unpaired) electrons. The quantitative estimate of drug-likeness (QED) is 0.819. The molecule has 1 N–H and O–H groups in total. The Hall–Kier alpha value is -1.16. The third kappa shape index (κ3) is 3.16. The molecule has 84 valence electrons. The lowest BCUT2D eigenvalue weighted by Gasteiger charge is -2.18. The highest BCUT2D eigenvalue weighted by atomic mass is 16.5. The van der Waals surface area contributed by atoms with Crippen LogP contribution in [0, 0.1) is 0 Å². The standard InChI is InChI=1S/C11H19N3O/c1-11(2,3)10-13-8(7-12-4)6-9(14-10)15-5/h6,12H,7H2,1-5H3. The molecule has 0 amide bonds. The molecule has 0 aliphatic rings. The topological polar surface area (TPSA) is 47.0 Å². The van der Waals surface area contributed by atoms with Crippen molar-refractivity contribution in [2.75, 3.05) is 14.2 Å². The van der Waals surface area contributed by atoms with E-state index >= 15 is 0 Å². The second-order valence-corrected chi connectivity index (χ2v) is 4.51. The Balaban J connectivity index is 3.11. The van der Waals surface area contributed by atoms with E-state index in [1.54, 1.807) is 7.11 Å². The van der Waals surface area contributed by atoms with Crippen molar-refractivity contribution in [3.05, 3.63) is 17.6 Å². The van der Waals surface area contributed by atoms with E-state index in [1.807, 2.05) is 13.1 Å². The van der Waals surface area contributed by atoms with Gasteiger partial charge in [-0.3, -0.25) is 0 Å². The zero-order chi connectivity index (χ0) is 11.5. The number of methoxy groups -OCH3 is 1. The predicted molar refractivity (Wildman–Crippen MR) is 60.0 cm³/mol. The predicted octanol–water partition coefficient (Wildman–Crippen LogP) is 1.50. The van der Waals surface area contributed by atoms with Gasteiger partial charge in [-0.05, 0) is 7.05 Å². The first-order valence-corrected chi connectivity index (χ1v) is 5.04. The fraction of sp³-hybridized carbons (Fsp3) is 0.636. The summed E-state index contributed by atoms with van der Waals surface area (Å²) in [7, 11) is 3.52. The van der Waals surface area contributed by atoms with Crippen LogP contribution in [-0.2, 0) is 12.0 Å². The van der Waals surface area contributed by atoms with Crippen LogP contribution in [0.4, 0.5) is 0 Å². The monoisotopic (exact) mass is 209 g/mol. The molecule has 0 bridgehead atoms. The fourth-order valence-electron chi connectivity index (χ4n) is 1.18. The summed E-state index contributed by atoms with van der Waals surface area (Å²) < 4.78 is 5.16. The second-order valence-electron chi connectivity index (χ2n) is 4.51. The average molecular weight is 209 g/mol. The fourth-order valence-corrected chi connectivity index (χ4v) is 1.18. The number of aromatic nitrogens is 2. The minimum absolute atomic E-state index is 0.0585. The summed E-state index contributed by atoms with van der Waals surface area (Å²) in [6.45, 7) is 6.99. The highest BCUT2D eigenvalue weighted by Crippen LogP contribution is 2.21. The Labute approximate surface area is 91.1 Å². The number of rotatable bonds is 3. The van der Waals surface area contributed by atoms with Gasteiger partial charge in [-0.25, -0.2) is 4.98 Å². The van der Waals surface area contributed by atoms with E-state index in [0.717, 1.165) is 18.1 Å². The number of nitrogens with zero attached hydrogens (tertiary/aromatic N) is 2. The van der Waals surface area contributed by atoms with Gasteiger partial charge in [-0.15, -0.1) is 0 Å². The van der Waals surface area contributed by atoms with E-state index in [1.165, 1.54) is 0 Å². The maximum atomic E-state index is 5.16. The Kier molecular flexibility index (Phi) is 3.63. The molecule has 15 heavy (non-hydrogen) atoms. The molecular weight excluding hydrogens is 190 g/mol. The third-order valence-electron chi connectivity index (χ3n) is 1.99. The zero-order valence-corrected chi connectivity index (χ0v) is 10.1. The minimum atomic E-state index is -0.0585. The van der Waals surface area contributed by atoms with Gasteiger partial charge in [0.15, 0.2) is 0 Å². The van der Waals surface area contributed by atoms with E-state index in [2.05, 4.69) is 36.1 Å². The van der Waals surface area contributed by atoms with Crippen molar-refractivity contribution in [1.29, 1.82) is 0 Å². The average Bonchev–Trinajstić information content (AvgIpc) is 2.16. The van der Waals surface area contributed by atoms with Gasteiger partial charge in [-0.1, -0.05) is 20.8 Å². The number of nitrogens with one attached hydrogen (secondary N) is 1. The molecular formula is C11H19N3O. The van der Waals surface area contributed by atoms with Crippen LogP contribution in [0.15, 0.2) is 6.07 Å². The normalized spacial score (nSPS) is 11.5. The van der Waals surface area contributed by atoms with Crippen molar-refractivity contribution >= 4 is 0 Å². The summed E-state index contributed by atoms with van der Waals surface area (Å²) in [4.78, 5) is 8.83. The van der Waals surface area contributed by atoms with Crippen LogP contribution in [0.2, 0.25) is 0 Å². The van der Waals surface area contributed by atoms with E-state index < -0.39 is 0 Å². The molecule has 1 rings (SSSR count). The highest BCUT2D eigenvalue weighted by Gasteiger charge is 2.19. The van der Waals surface area contributed by atoms with Crippen LogP contribution in [0.1, 0.15) is 32.3 Å². The smallest absolute Gasteiger partial charge is 0.216 e. The summed E-state index contributed by atoms with van der Waals surface area (Å²) in [5, 5.41) is 3.07. The molecule has 1 aromatic heterocycles.